The molecule has 0 bridgehead atoms. The lowest BCUT2D eigenvalue weighted by Crippen LogP contribution is -2.23. The molecule has 2 aromatic carbocycles. The average molecular weight is 421 g/mol. The third-order valence-electron chi connectivity index (χ3n) is 5.36. The molecule has 0 radical (unpaired) electrons. The molecule has 1 amide bonds. The fraction of sp³-hybridized carbons (Fsp3) is 0.333. The molecule has 1 unspecified atom stereocenters. The molecular formula is C24H28N4O3. The number of carbonyl (C=O) groups is 1. The van der Waals surface area contributed by atoms with Gasteiger partial charge in [0.1, 0.15) is 11.5 Å². The molecule has 31 heavy (non-hydrogen) atoms. The highest BCUT2D eigenvalue weighted by Gasteiger charge is 2.16. The molecule has 4 rings (SSSR count). The van der Waals surface area contributed by atoms with Crippen LogP contribution in [-0.2, 0) is 11.8 Å². The minimum atomic E-state index is -0.221. The van der Waals surface area contributed by atoms with Crippen LogP contribution in [0.2, 0.25) is 0 Å². The Balaban J connectivity index is 1.43. The highest BCUT2D eigenvalue weighted by atomic mass is 16.5. The minimum absolute atomic E-state index is 0.0578. The zero-order chi connectivity index (χ0) is 21.5. The molecule has 0 saturated carbocycles. The molecule has 7 heteroatoms. The van der Waals surface area contributed by atoms with Crippen molar-refractivity contribution in [3.05, 3.63) is 60.8 Å². The van der Waals surface area contributed by atoms with Gasteiger partial charge in [-0.3, -0.25) is 9.48 Å². The molecule has 1 fully saturated rings. The Hall–Kier alpha value is -3.32. The van der Waals surface area contributed by atoms with E-state index in [1.807, 2.05) is 61.6 Å². The standard InChI is InChI=1S/C24H28N4O3/c1-28-22(11-14-26-28)21-16-19(27-24(29)17-31-20-7-3-2-4-8-20)9-10-23(21)30-15-12-18-6-5-13-25-18/h2-4,7-11,14,16,18,25H,5-6,12-13,15,17H2,1H3,(H,27,29). The van der Waals surface area contributed by atoms with Crippen molar-refractivity contribution in [2.45, 2.75) is 25.3 Å². The quantitative estimate of drug-likeness (QED) is 0.553. The van der Waals surface area contributed by atoms with Gasteiger partial charge in [0.15, 0.2) is 6.61 Å². The fourth-order valence-electron chi connectivity index (χ4n) is 3.75. The van der Waals surface area contributed by atoms with Gasteiger partial charge in [0.2, 0.25) is 0 Å². The van der Waals surface area contributed by atoms with Crippen molar-refractivity contribution in [1.29, 1.82) is 0 Å². The lowest BCUT2D eigenvalue weighted by atomic mass is 10.1. The van der Waals surface area contributed by atoms with Crippen LogP contribution < -0.4 is 20.1 Å². The summed E-state index contributed by atoms with van der Waals surface area (Å²) in [4.78, 5) is 12.4. The minimum Gasteiger partial charge on any atom is -0.493 e. The predicted molar refractivity (Wildman–Crippen MR) is 120 cm³/mol. The van der Waals surface area contributed by atoms with Crippen LogP contribution in [0.3, 0.4) is 0 Å². The molecule has 7 nitrogen and oxygen atoms in total. The van der Waals surface area contributed by atoms with Gasteiger partial charge in [0, 0.05) is 30.5 Å². The number of hydrogen-bond donors (Lipinski definition) is 2. The number of hydrogen-bond acceptors (Lipinski definition) is 5. The van der Waals surface area contributed by atoms with E-state index in [9.17, 15) is 4.79 Å². The number of anilines is 1. The average Bonchev–Trinajstić information content (AvgIpc) is 3.46. The van der Waals surface area contributed by atoms with E-state index in [0.29, 0.717) is 24.1 Å². The second-order valence-electron chi connectivity index (χ2n) is 7.63. The van der Waals surface area contributed by atoms with Crippen LogP contribution in [-0.4, -0.2) is 41.5 Å². The molecule has 1 saturated heterocycles. The van der Waals surface area contributed by atoms with E-state index >= 15 is 0 Å². The molecule has 2 heterocycles. The predicted octanol–water partition coefficient (Wildman–Crippen LogP) is 3.63. The van der Waals surface area contributed by atoms with Gasteiger partial charge in [-0.15, -0.1) is 0 Å². The van der Waals surface area contributed by atoms with E-state index in [2.05, 4.69) is 15.7 Å². The topological polar surface area (TPSA) is 77.4 Å². The van der Waals surface area contributed by atoms with E-state index in [0.717, 1.165) is 30.0 Å². The third-order valence-corrected chi connectivity index (χ3v) is 5.36. The van der Waals surface area contributed by atoms with Crippen molar-refractivity contribution in [2.24, 2.45) is 7.05 Å². The second-order valence-corrected chi connectivity index (χ2v) is 7.63. The summed E-state index contributed by atoms with van der Waals surface area (Å²) in [5, 5.41) is 10.7. The molecule has 1 aliphatic heterocycles. The van der Waals surface area contributed by atoms with Crippen LogP contribution in [0.1, 0.15) is 19.3 Å². The maximum Gasteiger partial charge on any atom is 0.262 e. The van der Waals surface area contributed by atoms with Gasteiger partial charge in [-0.05, 0) is 62.2 Å². The van der Waals surface area contributed by atoms with Crippen LogP contribution >= 0.6 is 0 Å². The lowest BCUT2D eigenvalue weighted by molar-refractivity contribution is -0.118. The number of nitrogens with one attached hydrogen (secondary N) is 2. The van der Waals surface area contributed by atoms with Crippen molar-refractivity contribution >= 4 is 11.6 Å². The number of nitrogens with zero attached hydrogens (tertiary/aromatic N) is 2. The van der Waals surface area contributed by atoms with Gasteiger partial charge in [-0.25, -0.2) is 0 Å². The Morgan fingerprint density at radius 2 is 2.06 bits per heavy atom. The van der Waals surface area contributed by atoms with Gasteiger partial charge in [-0.2, -0.15) is 5.10 Å². The maximum atomic E-state index is 12.4. The van der Waals surface area contributed by atoms with E-state index in [1.54, 1.807) is 10.9 Å². The molecular weight excluding hydrogens is 392 g/mol. The van der Waals surface area contributed by atoms with Crippen LogP contribution in [0.25, 0.3) is 11.3 Å². The Labute approximate surface area is 182 Å². The molecule has 1 aromatic heterocycles. The van der Waals surface area contributed by atoms with E-state index in [4.69, 9.17) is 9.47 Å². The number of rotatable bonds is 9. The zero-order valence-electron chi connectivity index (χ0n) is 17.7. The summed E-state index contributed by atoms with van der Waals surface area (Å²) in [6, 6.07) is 17.4. The van der Waals surface area contributed by atoms with Gasteiger partial charge in [0.05, 0.1) is 12.3 Å². The van der Waals surface area contributed by atoms with Gasteiger partial charge >= 0.3 is 0 Å². The first-order valence-electron chi connectivity index (χ1n) is 10.7. The summed E-state index contributed by atoms with van der Waals surface area (Å²) in [5.41, 5.74) is 2.49. The van der Waals surface area contributed by atoms with Crippen molar-refractivity contribution < 1.29 is 14.3 Å². The Morgan fingerprint density at radius 1 is 1.19 bits per heavy atom. The molecule has 1 aliphatic rings. The number of benzene rings is 2. The van der Waals surface area contributed by atoms with Crippen molar-refractivity contribution in [3.8, 4) is 22.8 Å². The van der Waals surface area contributed by atoms with Crippen molar-refractivity contribution in [1.82, 2.24) is 15.1 Å². The maximum absolute atomic E-state index is 12.4. The smallest absolute Gasteiger partial charge is 0.262 e. The molecule has 2 N–H and O–H groups in total. The first kappa shape index (κ1) is 20.9. The number of para-hydroxylation sites is 1. The van der Waals surface area contributed by atoms with Crippen molar-refractivity contribution in [2.75, 3.05) is 25.1 Å². The molecule has 0 aliphatic carbocycles. The van der Waals surface area contributed by atoms with Crippen LogP contribution in [0.4, 0.5) is 5.69 Å². The van der Waals surface area contributed by atoms with Crippen molar-refractivity contribution in [3.63, 3.8) is 0 Å². The molecule has 162 valence electrons. The SMILES string of the molecule is Cn1nccc1-c1cc(NC(=O)COc2ccccc2)ccc1OCCC1CCCN1. The summed E-state index contributed by atoms with van der Waals surface area (Å²) < 4.78 is 13.5. The number of amides is 1. The van der Waals surface area contributed by atoms with Gasteiger partial charge < -0.3 is 20.1 Å². The first-order valence-corrected chi connectivity index (χ1v) is 10.7. The summed E-state index contributed by atoms with van der Waals surface area (Å²) in [5.74, 6) is 1.22. The summed E-state index contributed by atoms with van der Waals surface area (Å²) >= 11 is 0. The molecule has 3 aromatic rings. The van der Waals surface area contributed by atoms with E-state index in [1.165, 1.54) is 12.8 Å². The highest BCUT2D eigenvalue weighted by molar-refractivity contribution is 5.93. The van der Waals surface area contributed by atoms with Crippen LogP contribution in [0.15, 0.2) is 60.8 Å². The Morgan fingerprint density at radius 3 is 2.81 bits per heavy atom. The van der Waals surface area contributed by atoms with E-state index < -0.39 is 0 Å². The van der Waals surface area contributed by atoms with Gasteiger partial charge in [0.25, 0.3) is 5.91 Å². The lowest BCUT2D eigenvalue weighted by Gasteiger charge is -2.16. The summed E-state index contributed by atoms with van der Waals surface area (Å²) in [6.45, 7) is 1.67. The largest absolute Gasteiger partial charge is 0.493 e. The first-order chi connectivity index (χ1) is 15.2. The number of aryl methyl sites for hydroxylation is 1. The monoisotopic (exact) mass is 420 g/mol. The van der Waals surface area contributed by atoms with E-state index in [-0.39, 0.29) is 12.5 Å². The number of carbonyl (C=O) groups excluding carboxylic acids is 1. The van der Waals surface area contributed by atoms with Gasteiger partial charge in [-0.1, -0.05) is 18.2 Å². The Kier molecular flexibility index (Phi) is 6.84. The van der Waals surface area contributed by atoms with Crippen LogP contribution in [0.5, 0.6) is 11.5 Å². The number of ether oxygens (including phenoxy) is 2. The molecule has 1 atom stereocenters. The third kappa shape index (κ3) is 5.64. The summed E-state index contributed by atoms with van der Waals surface area (Å²) in [6.07, 6.45) is 5.15. The highest BCUT2D eigenvalue weighted by Crippen LogP contribution is 2.32. The normalized spacial score (nSPS) is 15.6. The zero-order valence-corrected chi connectivity index (χ0v) is 17.7. The number of aromatic nitrogens is 2. The molecule has 0 spiro atoms. The van der Waals surface area contributed by atoms with Crippen LogP contribution in [0, 0.1) is 0 Å². The fourth-order valence-corrected chi connectivity index (χ4v) is 3.75. The Bertz CT molecular complexity index is 997. The second kappa shape index (κ2) is 10.1. The summed E-state index contributed by atoms with van der Waals surface area (Å²) in [7, 11) is 1.89.